The minimum Gasteiger partial charge on any atom is -0.411 e. The lowest BCUT2D eigenvalue weighted by atomic mass is 9.90. The minimum atomic E-state index is 0.000000000000000222. The van der Waals surface area contributed by atoms with Crippen molar-refractivity contribution >= 4 is 22.1 Å². The lowest BCUT2D eigenvalue weighted by Crippen LogP contribution is -2.25. The molecule has 1 saturated carbocycles. The van der Waals surface area contributed by atoms with Gasteiger partial charge >= 0.3 is 0 Å². The first-order valence-corrected chi connectivity index (χ1v) is 4.44. The summed E-state index contributed by atoms with van der Waals surface area (Å²) < 4.78 is 0.000000000000000222. The molecule has 1 rings (SSSR count). The van der Waals surface area contributed by atoms with E-state index in [1.165, 1.54) is 19.3 Å². The van der Waals surface area contributed by atoms with Crippen molar-refractivity contribution in [3.05, 3.63) is 0 Å². The van der Waals surface area contributed by atoms with Crippen molar-refractivity contribution in [3.63, 3.8) is 0 Å². The minimum absolute atomic E-state index is 0.000000000000000222. The second-order valence-corrected chi connectivity index (χ2v) is 4.42. The van der Waals surface area contributed by atoms with Crippen LogP contribution in [0.3, 0.4) is 0 Å². The Labute approximate surface area is 69.4 Å². The summed E-state index contributed by atoms with van der Waals surface area (Å²) >= 11 is 3.55. The van der Waals surface area contributed by atoms with Crippen LogP contribution < -0.4 is 0 Å². The first-order valence-electron chi connectivity index (χ1n) is 3.64. The first kappa shape index (κ1) is 8.05. The molecule has 0 amide bonds. The Morgan fingerprint density at radius 1 is 1.30 bits per heavy atom. The molecular formula is C7H12BrNO. The fourth-order valence-electron chi connectivity index (χ4n) is 1.37. The van der Waals surface area contributed by atoms with Gasteiger partial charge in [-0.25, -0.2) is 0 Å². The van der Waals surface area contributed by atoms with Crippen LogP contribution >= 0.6 is 15.9 Å². The molecule has 1 aliphatic rings. The van der Waals surface area contributed by atoms with Gasteiger partial charge in [0.1, 0.15) is 0 Å². The summed E-state index contributed by atoms with van der Waals surface area (Å²) in [5, 5.41) is 11.4. The van der Waals surface area contributed by atoms with E-state index in [1.54, 1.807) is 6.21 Å². The Balaban J connectivity index is 2.48. The number of oxime groups is 1. The van der Waals surface area contributed by atoms with Crippen LogP contribution in [0, 0.1) is 0 Å². The van der Waals surface area contributed by atoms with Gasteiger partial charge in [0.25, 0.3) is 0 Å². The van der Waals surface area contributed by atoms with Crippen LogP contribution in [0.1, 0.15) is 32.1 Å². The van der Waals surface area contributed by atoms with Gasteiger partial charge in [-0.3, -0.25) is 0 Å². The Morgan fingerprint density at radius 2 is 1.90 bits per heavy atom. The number of hydrogen-bond donors (Lipinski definition) is 1. The molecule has 0 aromatic heterocycles. The third-order valence-electron chi connectivity index (χ3n) is 1.97. The molecule has 0 aliphatic heterocycles. The van der Waals surface area contributed by atoms with Crippen molar-refractivity contribution < 1.29 is 5.21 Å². The normalized spacial score (nSPS) is 25.3. The summed E-state index contributed by atoms with van der Waals surface area (Å²) in [6, 6.07) is 0. The van der Waals surface area contributed by atoms with Gasteiger partial charge in [-0.1, -0.05) is 35.2 Å². The maximum atomic E-state index is 8.32. The zero-order chi connectivity index (χ0) is 7.45. The molecule has 0 spiro atoms. The summed E-state index contributed by atoms with van der Waals surface area (Å²) in [6.07, 6.45) is 7.57. The standard InChI is InChI=1S/C7H12BrNO/c8-7(6-9-10)4-2-1-3-5-7/h6,10H,1-5H2. The van der Waals surface area contributed by atoms with E-state index in [2.05, 4.69) is 21.1 Å². The quantitative estimate of drug-likeness (QED) is 0.304. The van der Waals surface area contributed by atoms with E-state index < -0.39 is 0 Å². The van der Waals surface area contributed by atoms with Crippen LogP contribution in [0.15, 0.2) is 5.16 Å². The molecule has 0 heterocycles. The molecule has 1 fully saturated rings. The highest BCUT2D eigenvalue weighted by molar-refractivity contribution is 9.10. The smallest absolute Gasteiger partial charge is 0.0641 e. The van der Waals surface area contributed by atoms with E-state index in [0.29, 0.717) is 0 Å². The van der Waals surface area contributed by atoms with E-state index >= 15 is 0 Å². The summed E-state index contributed by atoms with van der Waals surface area (Å²) in [5.41, 5.74) is 0. The highest BCUT2D eigenvalue weighted by atomic mass is 79.9. The molecule has 0 saturated heterocycles. The van der Waals surface area contributed by atoms with Gasteiger partial charge in [0.2, 0.25) is 0 Å². The number of hydrogen-bond acceptors (Lipinski definition) is 2. The van der Waals surface area contributed by atoms with Crippen molar-refractivity contribution in [2.24, 2.45) is 5.16 Å². The van der Waals surface area contributed by atoms with Crippen molar-refractivity contribution in [2.75, 3.05) is 0 Å². The van der Waals surface area contributed by atoms with E-state index in [0.717, 1.165) is 12.8 Å². The Hall–Kier alpha value is -0.0500. The number of nitrogens with zero attached hydrogens (tertiary/aromatic N) is 1. The molecule has 0 atom stereocenters. The summed E-state index contributed by atoms with van der Waals surface area (Å²) in [7, 11) is 0. The molecule has 0 unspecified atom stereocenters. The molecule has 3 heteroatoms. The predicted molar refractivity (Wildman–Crippen MR) is 45.0 cm³/mol. The zero-order valence-corrected chi connectivity index (χ0v) is 7.47. The van der Waals surface area contributed by atoms with Gasteiger partial charge in [-0.05, 0) is 12.8 Å². The van der Waals surface area contributed by atoms with Crippen molar-refractivity contribution in [1.29, 1.82) is 0 Å². The van der Waals surface area contributed by atoms with Crippen LogP contribution in [0.4, 0.5) is 0 Å². The molecule has 58 valence electrons. The van der Waals surface area contributed by atoms with Crippen LogP contribution in [0.5, 0.6) is 0 Å². The Bertz CT molecular complexity index is 130. The van der Waals surface area contributed by atoms with Crippen molar-refractivity contribution in [2.45, 2.75) is 36.4 Å². The van der Waals surface area contributed by atoms with Gasteiger partial charge in [-0.2, -0.15) is 0 Å². The molecule has 0 radical (unpaired) electrons. The number of alkyl halides is 1. The number of halogens is 1. The van der Waals surface area contributed by atoms with Crippen LogP contribution in [-0.2, 0) is 0 Å². The molecule has 1 aliphatic carbocycles. The molecule has 0 aromatic rings. The molecular weight excluding hydrogens is 194 g/mol. The Morgan fingerprint density at radius 3 is 2.40 bits per heavy atom. The highest BCUT2D eigenvalue weighted by Gasteiger charge is 2.26. The van der Waals surface area contributed by atoms with Gasteiger partial charge < -0.3 is 5.21 Å². The topological polar surface area (TPSA) is 32.6 Å². The molecule has 0 aromatic carbocycles. The summed E-state index contributed by atoms with van der Waals surface area (Å²) in [4.78, 5) is 0. The lowest BCUT2D eigenvalue weighted by molar-refractivity contribution is 0.317. The molecule has 0 bridgehead atoms. The van der Waals surface area contributed by atoms with Gasteiger partial charge in [0.15, 0.2) is 0 Å². The third-order valence-corrected chi connectivity index (χ3v) is 2.97. The zero-order valence-electron chi connectivity index (χ0n) is 5.89. The SMILES string of the molecule is ON=CC1(Br)CCCCC1. The van der Waals surface area contributed by atoms with Crippen LogP contribution in [0.2, 0.25) is 0 Å². The molecule has 10 heavy (non-hydrogen) atoms. The van der Waals surface area contributed by atoms with Crippen LogP contribution in [-0.4, -0.2) is 15.7 Å². The maximum Gasteiger partial charge on any atom is 0.0641 e. The second-order valence-electron chi connectivity index (χ2n) is 2.84. The van der Waals surface area contributed by atoms with E-state index in [-0.39, 0.29) is 4.32 Å². The second kappa shape index (κ2) is 3.37. The number of rotatable bonds is 1. The summed E-state index contributed by atoms with van der Waals surface area (Å²) in [5.74, 6) is 0. The predicted octanol–water partition coefficient (Wildman–Crippen LogP) is 2.54. The van der Waals surface area contributed by atoms with Crippen molar-refractivity contribution in [1.82, 2.24) is 0 Å². The van der Waals surface area contributed by atoms with E-state index in [1.807, 2.05) is 0 Å². The highest BCUT2D eigenvalue weighted by Crippen LogP contribution is 2.33. The maximum absolute atomic E-state index is 8.32. The summed E-state index contributed by atoms with van der Waals surface area (Å²) in [6.45, 7) is 0. The Kier molecular flexibility index (Phi) is 2.72. The van der Waals surface area contributed by atoms with Gasteiger partial charge in [0.05, 0.1) is 10.5 Å². The molecule has 1 N–H and O–H groups in total. The average molecular weight is 206 g/mol. The largest absolute Gasteiger partial charge is 0.411 e. The van der Waals surface area contributed by atoms with E-state index in [4.69, 9.17) is 5.21 Å². The fourth-order valence-corrected chi connectivity index (χ4v) is 2.02. The monoisotopic (exact) mass is 205 g/mol. The van der Waals surface area contributed by atoms with Gasteiger partial charge in [0, 0.05) is 0 Å². The fraction of sp³-hybridized carbons (Fsp3) is 0.857. The molecule has 2 nitrogen and oxygen atoms in total. The average Bonchev–Trinajstić information content (AvgIpc) is 1.89. The first-order chi connectivity index (χ1) is 4.77. The van der Waals surface area contributed by atoms with Gasteiger partial charge in [-0.15, -0.1) is 5.16 Å². The van der Waals surface area contributed by atoms with Crippen molar-refractivity contribution in [3.8, 4) is 0 Å². The third kappa shape index (κ3) is 1.97. The van der Waals surface area contributed by atoms with E-state index in [9.17, 15) is 0 Å². The lowest BCUT2D eigenvalue weighted by Gasteiger charge is -2.26. The van der Waals surface area contributed by atoms with Crippen LogP contribution in [0.25, 0.3) is 0 Å².